The van der Waals surface area contributed by atoms with Gasteiger partial charge in [-0.15, -0.1) is 10.2 Å². The predicted octanol–water partition coefficient (Wildman–Crippen LogP) is -0.257. The van der Waals surface area contributed by atoms with Crippen LogP contribution in [0.4, 0.5) is 5.13 Å². The number of carbonyl (C=O) groups excluding carboxylic acids is 1. The first-order chi connectivity index (χ1) is 12.2. The third kappa shape index (κ3) is 3.06. The monoisotopic (exact) mass is 398 g/mol. The van der Waals surface area contributed by atoms with Crippen LogP contribution in [0.3, 0.4) is 0 Å². The summed E-state index contributed by atoms with van der Waals surface area (Å²) in [5, 5.41) is 22.0. The van der Waals surface area contributed by atoms with Crippen LogP contribution in [0.25, 0.3) is 0 Å². The first kappa shape index (κ1) is 18.0. The summed E-state index contributed by atoms with van der Waals surface area (Å²) in [4.78, 5) is 26.8. The zero-order chi connectivity index (χ0) is 19.1. The fourth-order valence-corrected chi connectivity index (χ4v) is 4.84. The van der Waals surface area contributed by atoms with E-state index >= 15 is 0 Å². The van der Waals surface area contributed by atoms with Crippen molar-refractivity contribution in [2.75, 3.05) is 12.4 Å². The van der Waals surface area contributed by atoms with Crippen molar-refractivity contribution in [3.8, 4) is 0 Å². The standard InChI is InChI=1S/C13H14N6O5S2/c1-6(20)15-11-16-8-5-7(10(21)22)3-4-9(8)19(11)26(23,24)13-18-17-12(14-2)25-13/h4-5,11H,3H2,1-2H3,(H,14,17)(H,15,20)(H,21,22). The summed E-state index contributed by atoms with van der Waals surface area (Å²) in [5.74, 6) is -1.61. The first-order valence-electron chi connectivity index (χ1n) is 7.29. The van der Waals surface area contributed by atoms with Gasteiger partial charge >= 0.3 is 5.97 Å². The molecule has 1 aliphatic carbocycles. The lowest BCUT2D eigenvalue weighted by molar-refractivity contribution is -0.132. The van der Waals surface area contributed by atoms with Gasteiger partial charge in [0.25, 0.3) is 14.4 Å². The number of sulfonamides is 1. The molecule has 1 amide bonds. The van der Waals surface area contributed by atoms with Crippen LogP contribution in [0.15, 0.2) is 32.8 Å². The van der Waals surface area contributed by atoms with Gasteiger partial charge in [0.15, 0.2) is 0 Å². The number of amides is 1. The Morgan fingerprint density at radius 2 is 2.12 bits per heavy atom. The number of anilines is 1. The van der Waals surface area contributed by atoms with Crippen molar-refractivity contribution in [2.45, 2.75) is 24.0 Å². The minimum absolute atomic E-state index is 0.0282. The van der Waals surface area contributed by atoms with Crippen LogP contribution in [0.1, 0.15) is 13.3 Å². The van der Waals surface area contributed by atoms with Crippen LogP contribution in [0, 0.1) is 0 Å². The molecule has 1 unspecified atom stereocenters. The van der Waals surface area contributed by atoms with E-state index in [4.69, 9.17) is 5.11 Å². The molecule has 1 aromatic heterocycles. The molecule has 0 fully saturated rings. The van der Waals surface area contributed by atoms with Gasteiger partial charge in [-0.3, -0.25) is 4.79 Å². The lowest BCUT2D eigenvalue weighted by atomic mass is 10.0. The average molecular weight is 398 g/mol. The van der Waals surface area contributed by atoms with Crippen LogP contribution < -0.4 is 10.6 Å². The van der Waals surface area contributed by atoms with E-state index < -0.39 is 28.2 Å². The van der Waals surface area contributed by atoms with Gasteiger partial charge in [0.1, 0.15) is 0 Å². The molecule has 138 valence electrons. The second-order valence-corrected chi connectivity index (χ2v) is 8.25. The minimum atomic E-state index is -4.17. The Morgan fingerprint density at radius 1 is 1.38 bits per heavy atom. The van der Waals surface area contributed by atoms with E-state index in [-0.39, 0.29) is 27.7 Å². The van der Waals surface area contributed by atoms with Gasteiger partial charge in [-0.1, -0.05) is 17.4 Å². The van der Waals surface area contributed by atoms with Gasteiger partial charge in [-0.05, 0) is 12.5 Å². The maximum absolute atomic E-state index is 13.0. The number of carboxylic acids is 1. The maximum atomic E-state index is 13.0. The van der Waals surface area contributed by atoms with Crippen molar-refractivity contribution >= 4 is 44.1 Å². The summed E-state index contributed by atoms with van der Waals surface area (Å²) >= 11 is 0.829. The molecule has 13 heteroatoms. The van der Waals surface area contributed by atoms with Crippen molar-refractivity contribution in [3.05, 3.63) is 23.4 Å². The highest BCUT2D eigenvalue weighted by Gasteiger charge is 2.42. The minimum Gasteiger partial charge on any atom is -0.478 e. The molecule has 0 saturated carbocycles. The average Bonchev–Trinajstić information content (AvgIpc) is 3.18. The normalized spacial score (nSPS) is 19.2. The second kappa shape index (κ2) is 6.49. The van der Waals surface area contributed by atoms with E-state index in [1.165, 1.54) is 19.1 Å². The molecular formula is C13H14N6O5S2. The number of rotatable bonds is 5. The second-order valence-electron chi connectivity index (χ2n) is 5.28. The van der Waals surface area contributed by atoms with E-state index in [1.54, 1.807) is 7.05 Å². The molecule has 3 N–H and O–H groups in total. The molecule has 1 aliphatic heterocycles. The SMILES string of the molecule is CNc1nnc(S(=O)(=O)N2C3=CCC(C(=O)O)=CC3=NC2NC(C)=O)s1. The highest BCUT2D eigenvalue weighted by molar-refractivity contribution is 7.91. The van der Waals surface area contributed by atoms with Gasteiger partial charge in [0.05, 0.1) is 11.4 Å². The van der Waals surface area contributed by atoms with E-state index in [1.807, 2.05) is 0 Å². The van der Waals surface area contributed by atoms with Crippen molar-refractivity contribution in [1.29, 1.82) is 0 Å². The lowest BCUT2D eigenvalue weighted by Gasteiger charge is -2.25. The molecule has 11 nitrogen and oxygen atoms in total. The number of hydrogen-bond donors (Lipinski definition) is 3. The number of allylic oxidation sites excluding steroid dienone is 2. The van der Waals surface area contributed by atoms with Crippen molar-refractivity contribution in [3.63, 3.8) is 0 Å². The fraction of sp³-hybridized carbons (Fsp3) is 0.308. The molecule has 2 heterocycles. The number of nitrogens with one attached hydrogen (secondary N) is 2. The Kier molecular flexibility index (Phi) is 4.50. The molecule has 0 bridgehead atoms. The third-order valence-electron chi connectivity index (χ3n) is 3.52. The zero-order valence-electron chi connectivity index (χ0n) is 13.6. The zero-order valence-corrected chi connectivity index (χ0v) is 15.3. The predicted molar refractivity (Wildman–Crippen MR) is 91.9 cm³/mol. The van der Waals surface area contributed by atoms with Crippen LogP contribution in [-0.2, 0) is 19.6 Å². The maximum Gasteiger partial charge on any atom is 0.331 e. The first-order valence-corrected chi connectivity index (χ1v) is 9.54. The summed E-state index contributed by atoms with van der Waals surface area (Å²) in [6, 6.07) is 0. The van der Waals surface area contributed by atoms with Crippen LogP contribution in [0.5, 0.6) is 0 Å². The van der Waals surface area contributed by atoms with Gasteiger partial charge in [-0.25, -0.2) is 14.1 Å². The van der Waals surface area contributed by atoms with E-state index in [0.717, 1.165) is 15.6 Å². The van der Waals surface area contributed by atoms with Gasteiger partial charge in [-0.2, -0.15) is 8.42 Å². The number of aliphatic carboxylic acids is 1. The number of carbonyl (C=O) groups is 2. The quantitative estimate of drug-likeness (QED) is 0.613. The summed E-state index contributed by atoms with van der Waals surface area (Å²) in [7, 11) is -2.59. The number of carboxylic acid groups (broad SMARTS) is 1. The third-order valence-corrected chi connectivity index (χ3v) is 6.57. The number of aliphatic imine (C=N–C) groups is 1. The number of aromatic nitrogens is 2. The number of nitrogens with zero attached hydrogens (tertiary/aromatic N) is 4. The number of hydrogen-bond acceptors (Lipinski definition) is 9. The van der Waals surface area contributed by atoms with Crippen LogP contribution in [-0.4, -0.2) is 59.0 Å². The van der Waals surface area contributed by atoms with Crippen LogP contribution >= 0.6 is 11.3 Å². The molecule has 26 heavy (non-hydrogen) atoms. The van der Waals surface area contributed by atoms with Crippen molar-refractivity contribution in [1.82, 2.24) is 19.8 Å². The largest absolute Gasteiger partial charge is 0.478 e. The highest BCUT2D eigenvalue weighted by atomic mass is 32.2. The highest BCUT2D eigenvalue weighted by Crippen LogP contribution is 2.33. The van der Waals surface area contributed by atoms with E-state index in [2.05, 4.69) is 25.8 Å². The van der Waals surface area contributed by atoms with E-state index in [9.17, 15) is 18.0 Å². The smallest absolute Gasteiger partial charge is 0.331 e. The Morgan fingerprint density at radius 3 is 2.69 bits per heavy atom. The summed E-state index contributed by atoms with van der Waals surface area (Å²) in [6.07, 6.45) is 1.54. The Balaban J connectivity index is 2.05. The van der Waals surface area contributed by atoms with Gasteiger partial charge < -0.3 is 15.7 Å². The van der Waals surface area contributed by atoms with Crippen LogP contribution in [0.2, 0.25) is 0 Å². The van der Waals surface area contributed by atoms with E-state index in [0.29, 0.717) is 5.13 Å². The summed E-state index contributed by atoms with van der Waals surface area (Å²) < 4.78 is 26.7. The number of fused-ring (bicyclic) bond motifs is 1. The molecule has 0 saturated heterocycles. The lowest BCUT2D eigenvalue weighted by Crippen LogP contribution is -2.46. The van der Waals surface area contributed by atoms with Gasteiger partial charge in [0, 0.05) is 19.5 Å². The summed E-state index contributed by atoms with van der Waals surface area (Å²) in [5.41, 5.74) is 0.422. The molecule has 0 spiro atoms. The van der Waals surface area contributed by atoms with Gasteiger partial charge in [0.2, 0.25) is 17.3 Å². The molecule has 0 radical (unpaired) electrons. The summed E-state index contributed by atoms with van der Waals surface area (Å²) in [6.45, 7) is 1.23. The Labute approximate surface area is 152 Å². The topological polar surface area (TPSA) is 154 Å². The molecule has 0 aromatic carbocycles. The molecule has 3 rings (SSSR count). The molecule has 1 aromatic rings. The Bertz CT molecular complexity index is 977. The van der Waals surface area contributed by atoms with Crippen molar-refractivity contribution in [2.24, 2.45) is 4.99 Å². The fourth-order valence-electron chi connectivity index (χ4n) is 2.41. The van der Waals surface area contributed by atoms with Crippen molar-refractivity contribution < 1.29 is 23.1 Å². The molecule has 1 atom stereocenters. The Hall–Kier alpha value is -2.80. The molecular weight excluding hydrogens is 384 g/mol. The molecule has 2 aliphatic rings.